The number of carbonyl (C=O) groups excluding carboxylic acids is 11. The fourth-order valence-electron chi connectivity index (χ4n) is 11.5. The fourth-order valence-corrected chi connectivity index (χ4v) is 11.5. The number of para-hydroxylation sites is 1. The summed E-state index contributed by atoms with van der Waals surface area (Å²) in [6.45, 7) is 4.90. The van der Waals surface area contributed by atoms with Gasteiger partial charge >= 0.3 is 23.9 Å². The van der Waals surface area contributed by atoms with Crippen molar-refractivity contribution < 1.29 is 113 Å². The third-order valence-corrected chi connectivity index (χ3v) is 17.3. The van der Waals surface area contributed by atoms with Crippen molar-refractivity contribution in [3.05, 3.63) is 161 Å². The topological polar surface area (TPSA) is 592 Å². The molecule has 5 aromatic carbocycles. The first kappa shape index (κ1) is 86.9. The van der Waals surface area contributed by atoms with Crippen molar-refractivity contribution in [2.75, 3.05) is 6.54 Å². The average Bonchev–Trinajstić information content (AvgIpc) is 1.73. The number of nitrogens with two attached hydrogens (primary N) is 1. The van der Waals surface area contributed by atoms with Gasteiger partial charge in [-0.15, -0.1) is 0 Å². The molecular formula is C75H91N13O23. The Balaban J connectivity index is 1.25. The van der Waals surface area contributed by atoms with Gasteiger partial charge in [0, 0.05) is 55.6 Å². The standard InChI is InChI=1S/C75H91N13O23/c1-38(2)28-52(82-71(106)57(34-62(96)97)79-60(93)36-76)67(102)86-58(35-63(98)99)72(107)85-55(32-44-18-24-48(92)25-19-44)69(104)84-54(31-43-16-22-47(91)23-17-43)68(103)80-51(26-27-61(94)95)66(101)83-56(29-41-10-6-5-7-11-41)73(108)88-64(40(4)89)74(109)78-39(3)65(100)81-53(30-42-14-20-46(90)21-15-42)70(105)87-59(75(110)111)33-45-37-77-50-13-9-8-12-49(45)50/h5-25,37-40,51-59,64,77,89-92H,26-36,76H2,1-4H3,(H,78,109)(H,79,93)(H,80,103)(H,81,100)(H,82,106)(H,83,101)(H,84,104)(H,85,107)(H,86,102)(H,87,105)(H,88,108)(H,94,95)(H,96,97)(H,98,99)(H,110,111)/t39-,40+,51-,52-,53-,54-,55-,56-,57-,58-,59-,64-/m0/s1. The van der Waals surface area contributed by atoms with Crippen molar-refractivity contribution in [3.63, 3.8) is 0 Å². The lowest BCUT2D eigenvalue weighted by Gasteiger charge is -2.29. The average molecular weight is 1540 g/mol. The van der Waals surface area contributed by atoms with E-state index in [0.717, 1.165) is 6.92 Å². The monoisotopic (exact) mass is 1540 g/mol. The molecule has 36 heteroatoms. The number of nitrogens with one attached hydrogen (secondary N) is 12. The van der Waals surface area contributed by atoms with E-state index in [1.807, 2.05) is 0 Å². The molecule has 36 nitrogen and oxygen atoms in total. The summed E-state index contributed by atoms with van der Waals surface area (Å²) in [7, 11) is 0. The fraction of sp³-hybridized carbons (Fsp3) is 0.373. The second-order valence-corrected chi connectivity index (χ2v) is 26.7. The summed E-state index contributed by atoms with van der Waals surface area (Å²) in [4.78, 5) is 208. The molecule has 22 N–H and O–H groups in total. The SMILES string of the molecule is CC(C)C[C@H](NC(=O)[C@H](CC(=O)O)NC(=O)CN)C(=O)N[C@@H](CC(=O)O)C(=O)N[C@@H](Cc1ccc(O)cc1)C(=O)N[C@@H](Cc1ccc(O)cc1)C(=O)N[C@@H](CCC(=O)O)C(=O)N[C@@H](Cc1ccccc1)C(=O)N[C@H](C(=O)N[C@@H](C)C(=O)N[C@@H](Cc1ccc(O)cc1)C(=O)N[C@@H](Cc1c[nH]c2ccccc12)C(=O)O)[C@@H](C)O. The van der Waals surface area contributed by atoms with Crippen LogP contribution in [-0.2, 0) is 104 Å². The van der Waals surface area contributed by atoms with E-state index in [4.69, 9.17) is 5.73 Å². The van der Waals surface area contributed by atoms with Gasteiger partial charge in [0.2, 0.25) is 65.0 Å². The van der Waals surface area contributed by atoms with Gasteiger partial charge in [-0.2, -0.15) is 0 Å². The Labute approximate surface area is 634 Å². The van der Waals surface area contributed by atoms with Gasteiger partial charge in [0.15, 0.2) is 0 Å². The number of amides is 11. The number of aromatic nitrogens is 1. The molecule has 6 rings (SSSR count). The van der Waals surface area contributed by atoms with Crippen LogP contribution in [0.2, 0.25) is 0 Å². The number of phenols is 3. The predicted octanol–water partition coefficient (Wildman–Crippen LogP) is -1.56. The lowest BCUT2D eigenvalue weighted by atomic mass is 10.00. The van der Waals surface area contributed by atoms with E-state index in [1.165, 1.54) is 79.7 Å². The molecule has 594 valence electrons. The molecule has 0 saturated heterocycles. The Hall–Kier alpha value is -13.0. The van der Waals surface area contributed by atoms with Crippen molar-refractivity contribution in [1.29, 1.82) is 0 Å². The number of aliphatic carboxylic acids is 4. The number of carbonyl (C=O) groups is 15. The van der Waals surface area contributed by atoms with E-state index in [1.54, 1.807) is 74.6 Å². The minimum absolute atomic E-state index is 0.125. The Kier molecular flexibility index (Phi) is 32.8. The molecule has 1 aromatic heterocycles. The van der Waals surface area contributed by atoms with Crippen LogP contribution in [0.3, 0.4) is 0 Å². The molecular weight excluding hydrogens is 1450 g/mol. The van der Waals surface area contributed by atoms with Gasteiger partial charge in [-0.3, -0.25) is 67.1 Å². The van der Waals surface area contributed by atoms with E-state index >= 15 is 0 Å². The number of aliphatic hydroxyl groups is 1. The minimum atomic E-state index is -2.06. The molecule has 0 fully saturated rings. The van der Waals surface area contributed by atoms with Gasteiger partial charge in [-0.1, -0.05) is 98.8 Å². The molecule has 0 saturated carbocycles. The maximum Gasteiger partial charge on any atom is 0.326 e. The van der Waals surface area contributed by atoms with Gasteiger partial charge in [0.25, 0.3) is 0 Å². The highest BCUT2D eigenvalue weighted by molar-refractivity contribution is 6.01. The summed E-state index contributed by atoms with van der Waals surface area (Å²) in [5, 5.41) is 108. The normalized spacial score (nSPS) is 14.3. The molecule has 0 aliphatic carbocycles. The number of carboxylic acids is 4. The molecule has 0 aliphatic heterocycles. The van der Waals surface area contributed by atoms with Crippen molar-refractivity contribution in [3.8, 4) is 17.2 Å². The second kappa shape index (κ2) is 41.9. The van der Waals surface area contributed by atoms with E-state index in [2.05, 4.69) is 63.5 Å². The van der Waals surface area contributed by atoms with Crippen LogP contribution in [0.4, 0.5) is 0 Å². The molecule has 111 heavy (non-hydrogen) atoms. The summed E-state index contributed by atoms with van der Waals surface area (Å²) in [6.07, 6.45) is -5.84. The first-order valence-electron chi connectivity index (χ1n) is 35.1. The number of aliphatic hydroxyl groups excluding tert-OH is 1. The van der Waals surface area contributed by atoms with Crippen molar-refractivity contribution in [1.82, 2.24) is 63.5 Å². The molecule has 0 bridgehead atoms. The van der Waals surface area contributed by atoms with E-state index < -0.39 is 212 Å². The number of hydrogen-bond acceptors (Lipinski definition) is 20. The molecule has 6 aromatic rings. The summed E-state index contributed by atoms with van der Waals surface area (Å²) in [5.41, 5.74) is 7.87. The van der Waals surface area contributed by atoms with E-state index in [-0.39, 0.29) is 54.1 Å². The van der Waals surface area contributed by atoms with Crippen molar-refractivity contribution in [2.45, 2.75) is 164 Å². The third kappa shape index (κ3) is 28.3. The predicted molar refractivity (Wildman–Crippen MR) is 394 cm³/mol. The summed E-state index contributed by atoms with van der Waals surface area (Å²) >= 11 is 0. The quantitative estimate of drug-likeness (QED) is 0.0206. The van der Waals surface area contributed by atoms with E-state index in [9.17, 15) is 113 Å². The number of hydrogen-bond donors (Lipinski definition) is 21. The van der Waals surface area contributed by atoms with Crippen LogP contribution >= 0.6 is 0 Å². The number of H-pyrrole nitrogens is 1. The number of fused-ring (bicyclic) bond motifs is 1. The van der Waals surface area contributed by atoms with Gasteiger partial charge in [-0.05, 0) is 103 Å². The maximum atomic E-state index is 14.9. The van der Waals surface area contributed by atoms with Crippen LogP contribution in [0, 0.1) is 5.92 Å². The highest BCUT2D eigenvalue weighted by Gasteiger charge is 2.39. The molecule has 0 radical (unpaired) electrons. The Morgan fingerprint density at radius 1 is 0.378 bits per heavy atom. The summed E-state index contributed by atoms with van der Waals surface area (Å²) in [6, 6.07) is 11.5. The van der Waals surface area contributed by atoms with Gasteiger partial charge in [0.1, 0.15) is 83.7 Å². The first-order chi connectivity index (χ1) is 52.5. The van der Waals surface area contributed by atoms with Crippen LogP contribution < -0.4 is 64.2 Å². The van der Waals surface area contributed by atoms with Gasteiger partial charge < -0.3 is 110 Å². The lowest BCUT2D eigenvalue weighted by Crippen LogP contribution is -2.62. The molecule has 12 atom stereocenters. The van der Waals surface area contributed by atoms with E-state index in [0.29, 0.717) is 27.6 Å². The van der Waals surface area contributed by atoms with Crippen LogP contribution in [-0.4, -0.2) is 214 Å². The Bertz CT molecular complexity index is 4290. The Morgan fingerprint density at radius 3 is 1.18 bits per heavy atom. The van der Waals surface area contributed by atoms with Crippen molar-refractivity contribution in [2.24, 2.45) is 11.7 Å². The zero-order chi connectivity index (χ0) is 81.8. The van der Waals surface area contributed by atoms with Crippen LogP contribution in [0.5, 0.6) is 17.2 Å². The highest BCUT2D eigenvalue weighted by Crippen LogP contribution is 2.21. The maximum absolute atomic E-state index is 14.9. The number of carboxylic acid groups (broad SMARTS) is 4. The van der Waals surface area contributed by atoms with Crippen LogP contribution in [0.15, 0.2) is 134 Å². The van der Waals surface area contributed by atoms with Crippen LogP contribution in [0.25, 0.3) is 10.9 Å². The van der Waals surface area contributed by atoms with Crippen LogP contribution in [0.1, 0.15) is 87.6 Å². The number of rotatable bonds is 43. The number of phenolic OH excluding ortho intramolecular Hbond substituents is 3. The second-order valence-electron chi connectivity index (χ2n) is 26.7. The van der Waals surface area contributed by atoms with Gasteiger partial charge in [0.05, 0.1) is 25.5 Å². The zero-order valence-corrected chi connectivity index (χ0v) is 60.8. The Morgan fingerprint density at radius 2 is 0.748 bits per heavy atom. The lowest BCUT2D eigenvalue weighted by molar-refractivity contribution is -0.142. The van der Waals surface area contributed by atoms with Gasteiger partial charge in [-0.25, -0.2) is 4.79 Å². The summed E-state index contributed by atoms with van der Waals surface area (Å²) in [5.74, 6) is -19.6. The molecule has 0 aliphatic rings. The number of aromatic amines is 1. The summed E-state index contributed by atoms with van der Waals surface area (Å²) < 4.78 is 0. The zero-order valence-electron chi connectivity index (χ0n) is 60.8. The third-order valence-electron chi connectivity index (χ3n) is 17.3. The highest BCUT2D eigenvalue weighted by atomic mass is 16.4. The molecule has 11 amide bonds. The molecule has 0 unspecified atom stereocenters. The number of benzene rings is 5. The molecule has 1 heterocycles. The number of aromatic hydroxyl groups is 3. The minimum Gasteiger partial charge on any atom is -0.508 e. The van der Waals surface area contributed by atoms with Crippen molar-refractivity contribution >= 4 is 99.8 Å². The molecule has 0 spiro atoms. The smallest absolute Gasteiger partial charge is 0.326 e. The first-order valence-corrected chi connectivity index (χ1v) is 35.1. The largest absolute Gasteiger partial charge is 0.508 e.